The summed E-state index contributed by atoms with van der Waals surface area (Å²) >= 11 is 1.56. The molecule has 0 unspecified atom stereocenters. The summed E-state index contributed by atoms with van der Waals surface area (Å²) < 4.78 is 11.2. The van der Waals surface area contributed by atoms with Crippen molar-refractivity contribution in [2.45, 2.75) is 61.8 Å². The highest BCUT2D eigenvalue weighted by Gasteiger charge is 2.38. The Balaban J connectivity index is 1.30. The van der Waals surface area contributed by atoms with Crippen molar-refractivity contribution in [2.75, 3.05) is 38.6 Å². The van der Waals surface area contributed by atoms with Crippen LogP contribution in [0.4, 0.5) is 0 Å². The molecule has 1 aromatic rings. The molecule has 1 saturated carbocycles. The molecule has 0 radical (unpaired) electrons. The van der Waals surface area contributed by atoms with Gasteiger partial charge in [0, 0.05) is 17.0 Å². The van der Waals surface area contributed by atoms with Gasteiger partial charge in [-0.1, -0.05) is 25.7 Å². The minimum Gasteiger partial charge on any atom is -0.486 e. The molecular weight excluding hydrogens is 372 g/mol. The molecule has 1 N–H and O–H groups in total. The van der Waals surface area contributed by atoms with Gasteiger partial charge in [0.05, 0.1) is 5.75 Å². The number of fused-ring (bicyclic) bond motifs is 1. The van der Waals surface area contributed by atoms with E-state index in [1.54, 1.807) is 11.8 Å². The van der Waals surface area contributed by atoms with E-state index in [4.69, 9.17) is 9.47 Å². The van der Waals surface area contributed by atoms with Gasteiger partial charge < -0.3 is 14.8 Å². The molecule has 0 bridgehead atoms. The standard InChI is InChI=1S/C22H32N2O3S/c25-21(16-28-18-7-8-19-20(15-18)27-14-13-26-19)23-17-22(9-3-1-4-10-22)24-11-5-2-6-12-24/h7-8,15H,1-6,9-14,16-17H2,(H,23,25). The molecule has 3 aliphatic rings. The first-order valence-electron chi connectivity index (χ1n) is 10.8. The van der Waals surface area contributed by atoms with Gasteiger partial charge in [0.1, 0.15) is 13.2 Å². The Kier molecular flexibility index (Phi) is 6.68. The van der Waals surface area contributed by atoms with Crippen LogP contribution >= 0.6 is 11.8 Å². The van der Waals surface area contributed by atoms with E-state index in [2.05, 4.69) is 10.2 Å². The monoisotopic (exact) mass is 404 g/mol. The van der Waals surface area contributed by atoms with Gasteiger partial charge >= 0.3 is 0 Å². The second-order valence-electron chi connectivity index (χ2n) is 8.20. The van der Waals surface area contributed by atoms with Gasteiger partial charge in [-0.3, -0.25) is 9.69 Å². The van der Waals surface area contributed by atoms with Crippen LogP contribution in [-0.4, -0.2) is 54.9 Å². The number of hydrogen-bond donors (Lipinski definition) is 1. The van der Waals surface area contributed by atoms with Crippen molar-refractivity contribution in [2.24, 2.45) is 0 Å². The van der Waals surface area contributed by atoms with Crippen molar-refractivity contribution in [1.29, 1.82) is 0 Å². The van der Waals surface area contributed by atoms with Crippen LogP contribution in [0.5, 0.6) is 11.5 Å². The molecule has 2 heterocycles. The van der Waals surface area contributed by atoms with Gasteiger partial charge in [-0.2, -0.15) is 0 Å². The highest BCUT2D eigenvalue weighted by atomic mass is 32.2. The molecule has 1 aliphatic carbocycles. The number of amides is 1. The fraction of sp³-hybridized carbons (Fsp3) is 0.682. The average Bonchev–Trinajstić information content (AvgIpc) is 2.77. The number of nitrogens with zero attached hydrogens (tertiary/aromatic N) is 1. The number of hydrogen-bond acceptors (Lipinski definition) is 5. The van der Waals surface area contributed by atoms with Crippen LogP contribution < -0.4 is 14.8 Å². The van der Waals surface area contributed by atoms with Gasteiger partial charge in [0.2, 0.25) is 5.91 Å². The summed E-state index contributed by atoms with van der Waals surface area (Å²) in [5, 5.41) is 3.27. The lowest BCUT2D eigenvalue weighted by molar-refractivity contribution is -0.119. The van der Waals surface area contributed by atoms with Gasteiger partial charge in [0.25, 0.3) is 0 Å². The number of thioether (sulfide) groups is 1. The first kappa shape index (κ1) is 19.9. The molecule has 4 rings (SSSR count). The lowest BCUT2D eigenvalue weighted by atomic mass is 9.79. The molecule has 1 saturated heterocycles. The first-order valence-corrected chi connectivity index (χ1v) is 11.8. The van der Waals surface area contributed by atoms with E-state index >= 15 is 0 Å². The van der Waals surface area contributed by atoms with Crippen molar-refractivity contribution >= 4 is 17.7 Å². The number of carbonyl (C=O) groups is 1. The molecule has 2 aliphatic heterocycles. The number of carbonyl (C=O) groups excluding carboxylic acids is 1. The number of piperidine rings is 1. The van der Waals surface area contributed by atoms with Crippen LogP contribution in [0.1, 0.15) is 51.4 Å². The van der Waals surface area contributed by atoms with Gasteiger partial charge in [0.15, 0.2) is 11.5 Å². The maximum atomic E-state index is 12.6. The van der Waals surface area contributed by atoms with E-state index in [-0.39, 0.29) is 11.4 Å². The Morgan fingerprint density at radius 1 is 1.00 bits per heavy atom. The highest BCUT2D eigenvalue weighted by molar-refractivity contribution is 8.00. The smallest absolute Gasteiger partial charge is 0.230 e. The zero-order chi connectivity index (χ0) is 19.2. The zero-order valence-corrected chi connectivity index (χ0v) is 17.5. The Hall–Kier alpha value is -1.40. The fourth-order valence-electron chi connectivity index (χ4n) is 4.76. The van der Waals surface area contributed by atoms with E-state index in [0.29, 0.717) is 19.0 Å². The third-order valence-electron chi connectivity index (χ3n) is 6.31. The molecule has 28 heavy (non-hydrogen) atoms. The second-order valence-corrected chi connectivity index (χ2v) is 9.25. The molecular formula is C22H32N2O3S. The maximum absolute atomic E-state index is 12.6. The molecule has 154 valence electrons. The molecule has 5 nitrogen and oxygen atoms in total. The number of ether oxygens (including phenoxy) is 2. The Labute approximate surface area is 172 Å². The Bertz CT molecular complexity index is 670. The highest BCUT2D eigenvalue weighted by Crippen LogP contribution is 2.36. The molecule has 6 heteroatoms. The van der Waals surface area contributed by atoms with E-state index in [0.717, 1.165) is 22.9 Å². The molecule has 0 spiro atoms. The van der Waals surface area contributed by atoms with Crippen LogP contribution in [0, 0.1) is 0 Å². The number of nitrogens with one attached hydrogen (secondary N) is 1. The van der Waals surface area contributed by atoms with E-state index < -0.39 is 0 Å². The first-order chi connectivity index (χ1) is 13.8. The van der Waals surface area contributed by atoms with Crippen LogP contribution in [0.3, 0.4) is 0 Å². The summed E-state index contributed by atoms with van der Waals surface area (Å²) in [5.74, 6) is 2.14. The molecule has 2 fully saturated rings. The van der Waals surface area contributed by atoms with Crippen LogP contribution in [0.15, 0.2) is 23.1 Å². The number of benzene rings is 1. The summed E-state index contributed by atoms with van der Waals surface area (Å²) in [6.45, 7) is 4.37. The van der Waals surface area contributed by atoms with E-state index in [1.807, 2.05) is 18.2 Å². The second kappa shape index (κ2) is 9.40. The van der Waals surface area contributed by atoms with Crippen molar-refractivity contribution in [3.63, 3.8) is 0 Å². The summed E-state index contributed by atoms with van der Waals surface area (Å²) in [6, 6.07) is 5.91. The lowest BCUT2D eigenvalue weighted by Gasteiger charge is -2.48. The van der Waals surface area contributed by atoms with Gasteiger partial charge in [-0.25, -0.2) is 0 Å². The van der Waals surface area contributed by atoms with Crippen LogP contribution in [0.25, 0.3) is 0 Å². The normalized spacial score (nSPS) is 21.9. The number of likely N-dealkylation sites (tertiary alicyclic amines) is 1. The summed E-state index contributed by atoms with van der Waals surface area (Å²) in [5.41, 5.74) is 0.190. The fourth-order valence-corrected chi connectivity index (χ4v) is 5.51. The van der Waals surface area contributed by atoms with Crippen molar-refractivity contribution in [3.8, 4) is 11.5 Å². The predicted molar refractivity (Wildman–Crippen MR) is 112 cm³/mol. The Morgan fingerprint density at radius 3 is 2.50 bits per heavy atom. The van der Waals surface area contributed by atoms with Gasteiger partial charge in [-0.15, -0.1) is 11.8 Å². The average molecular weight is 405 g/mol. The van der Waals surface area contributed by atoms with Crippen LogP contribution in [-0.2, 0) is 4.79 Å². The number of rotatable bonds is 6. The quantitative estimate of drug-likeness (QED) is 0.730. The van der Waals surface area contributed by atoms with Gasteiger partial charge in [-0.05, 0) is 57.0 Å². The lowest BCUT2D eigenvalue weighted by Crippen LogP contribution is -2.58. The minimum atomic E-state index is 0.127. The minimum absolute atomic E-state index is 0.127. The predicted octanol–water partition coefficient (Wildman–Crippen LogP) is 3.85. The van der Waals surface area contributed by atoms with Crippen molar-refractivity contribution in [1.82, 2.24) is 10.2 Å². The summed E-state index contributed by atoms with van der Waals surface area (Å²) in [6.07, 6.45) is 10.3. The van der Waals surface area contributed by atoms with Crippen molar-refractivity contribution in [3.05, 3.63) is 18.2 Å². The summed E-state index contributed by atoms with van der Waals surface area (Å²) in [7, 11) is 0. The van der Waals surface area contributed by atoms with E-state index in [1.165, 1.54) is 64.5 Å². The Morgan fingerprint density at radius 2 is 1.71 bits per heavy atom. The maximum Gasteiger partial charge on any atom is 0.230 e. The molecule has 1 aromatic carbocycles. The largest absolute Gasteiger partial charge is 0.486 e. The molecule has 0 aromatic heterocycles. The SMILES string of the molecule is O=C(CSc1ccc2c(c1)OCCO2)NCC1(N2CCCCC2)CCCCC1. The van der Waals surface area contributed by atoms with Crippen molar-refractivity contribution < 1.29 is 14.3 Å². The molecule has 0 atom stereocenters. The molecule has 1 amide bonds. The van der Waals surface area contributed by atoms with E-state index in [9.17, 15) is 4.79 Å². The summed E-state index contributed by atoms with van der Waals surface area (Å²) in [4.78, 5) is 16.3. The zero-order valence-electron chi connectivity index (χ0n) is 16.7. The topological polar surface area (TPSA) is 50.8 Å². The third-order valence-corrected chi connectivity index (χ3v) is 7.30. The third kappa shape index (κ3) is 4.77. The van der Waals surface area contributed by atoms with Crippen LogP contribution in [0.2, 0.25) is 0 Å².